The van der Waals surface area contributed by atoms with Crippen LogP contribution in [0.1, 0.15) is 33.1 Å². The lowest BCUT2D eigenvalue weighted by Crippen LogP contribution is -2.88. The molecule has 1 heterocycles. The number of fused-ring (bicyclic) bond motifs is 1. The zero-order valence-corrected chi connectivity index (χ0v) is 17.0. The number of ether oxygens (including phenoxy) is 1. The number of methoxy groups -OCH3 is 1. The Balaban J connectivity index is 0.000000646. The molecule has 152 valence electrons. The summed E-state index contributed by atoms with van der Waals surface area (Å²) >= 11 is 0. The molecule has 0 spiro atoms. The third kappa shape index (κ3) is 10.9. The Morgan fingerprint density at radius 2 is 2.00 bits per heavy atom. The molecule has 0 aliphatic rings. The second kappa shape index (κ2) is 11.9. The van der Waals surface area contributed by atoms with E-state index >= 15 is 0 Å². The fourth-order valence-electron chi connectivity index (χ4n) is 2.54. The van der Waals surface area contributed by atoms with Crippen molar-refractivity contribution < 1.29 is 29.3 Å². The van der Waals surface area contributed by atoms with Crippen LogP contribution >= 0.6 is 7.82 Å². The van der Waals surface area contributed by atoms with Gasteiger partial charge in [0.2, 0.25) is 0 Å². The molecule has 2 aromatic rings. The molecule has 0 saturated carbocycles. The predicted octanol–water partition coefficient (Wildman–Crippen LogP) is 1.24. The summed E-state index contributed by atoms with van der Waals surface area (Å²) in [5.74, 6) is 0.870. The number of nitrogens with two attached hydrogens (primary N) is 1. The Bertz CT molecular complexity index is 728. The number of unbranched alkanes of at least 4 members (excludes halogenated alkanes) is 2. The first-order chi connectivity index (χ1) is 12.7. The minimum atomic E-state index is -4.89. The van der Waals surface area contributed by atoms with Gasteiger partial charge in [-0.25, -0.2) is 0 Å². The van der Waals surface area contributed by atoms with Crippen molar-refractivity contribution in [3.8, 4) is 5.75 Å². The summed E-state index contributed by atoms with van der Waals surface area (Å²) in [4.78, 5) is 27.4. The van der Waals surface area contributed by atoms with E-state index in [1.54, 1.807) is 7.11 Å². The van der Waals surface area contributed by atoms with Gasteiger partial charge in [-0.3, -0.25) is 9.55 Å². The molecule has 8 nitrogen and oxygen atoms in total. The van der Waals surface area contributed by atoms with Gasteiger partial charge in [-0.2, -0.15) is 0 Å². The van der Waals surface area contributed by atoms with Gasteiger partial charge >= 0.3 is 0 Å². The first-order valence-corrected chi connectivity index (χ1v) is 10.5. The van der Waals surface area contributed by atoms with Gasteiger partial charge in [0.15, 0.2) is 0 Å². The van der Waals surface area contributed by atoms with Crippen LogP contribution in [-0.2, 0) is 4.57 Å². The summed E-state index contributed by atoms with van der Waals surface area (Å²) in [6, 6.07) is 8.78. The lowest BCUT2D eigenvalue weighted by molar-refractivity contribution is -0.683. The zero-order chi connectivity index (χ0) is 20.3. The quantitative estimate of drug-likeness (QED) is 0.368. The molecule has 0 amide bonds. The van der Waals surface area contributed by atoms with Crippen LogP contribution in [0.2, 0.25) is 0 Å². The van der Waals surface area contributed by atoms with Gasteiger partial charge in [-0.15, -0.1) is 0 Å². The highest BCUT2D eigenvalue weighted by Crippen LogP contribution is 2.27. The molecular weight excluding hydrogens is 369 g/mol. The van der Waals surface area contributed by atoms with Crippen LogP contribution in [0.5, 0.6) is 5.75 Å². The van der Waals surface area contributed by atoms with Crippen molar-refractivity contribution in [3.63, 3.8) is 0 Å². The SMILES string of the molecule is COc1cc(NCCCCC[NH2+]C(C)C)c2ncccc2c1.O=P([O-])(O)O. The van der Waals surface area contributed by atoms with Gasteiger partial charge in [-0.05, 0) is 45.2 Å². The number of quaternary nitrogens is 1. The minimum absolute atomic E-state index is 0.701. The Morgan fingerprint density at radius 3 is 2.63 bits per heavy atom. The van der Waals surface area contributed by atoms with E-state index < -0.39 is 7.82 Å². The van der Waals surface area contributed by atoms with Crippen LogP contribution < -0.4 is 20.3 Å². The lowest BCUT2D eigenvalue weighted by atomic mass is 10.1. The summed E-state index contributed by atoms with van der Waals surface area (Å²) in [6.07, 6.45) is 5.54. The van der Waals surface area contributed by atoms with Crippen molar-refractivity contribution in [1.29, 1.82) is 0 Å². The topological polar surface area (TPSA) is 131 Å². The third-order valence-electron chi connectivity index (χ3n) is 3.75. The number of phosphoric acid groups is 1. The maximum Gasteiger partial charge on any atom is 0.262 e. The monoisotopic (exact) mass is 399 g/mol. The van der Waals surface area contributed by atoms with E-state index in [1.165, 1.54) is 25.8 Å². The predicted molar refractivity (Wildman–Crippen MR) is 105 cm³/mol. The van der Waals surface area contributed by atoms with Crippen LogP contribution in [-0.4, -0.2) is 41.0 Å². The smallest absolute Gasteiger partial charge is 0.262 e. The molecule has 0 aliphatic heterocycles. The number of nitrogens with one attached hydrogen (secondary N) is 1. The average Bonchev–Trinajstić information content (AvgIpc) is 2.58. The standard InChI is InChI=1S/C18H27N3O.H3O4P/c1-14(2)19-9-5-4-6-10-20-17-13-16(22-3)12-15-8-7-11-21-18(15)17;1-5(2,3)4/h7-8,11-14,19-20H,4-6,9-10H2,1-3H3;(H3,1,2,3,4). The number of aromatic nitrogens is 1. The maximum atomic E-state index is 8.77. The van der Waals surface area contributed by atoms with E-state index in [2.05, 4.69) is 35.5 Å². The highest BCUT2D eigenvalue weighted by atomic mass is 31.2. The summed E-state index contributed by atoms with van der Waals surface area (Å²) in [5.41, 5.74) is 2.07. The molecule has 0 bridgehead atoms. The highest BCUT2D eigenvalue weighted by Gasteiger charge is 2.05. The summed E-state index contributed by atoms with van der Waals surface area (Å²) in [5, 5.41) is 7.01. The van der Waals surface area contributed by atoms with Crippen molar-refractivity contribution in [2.45, 2.75) is 39.2 Å². The largest absolute Gasteiger partial charge is 0.756 e. The Labute approximate surface area is 160 Å². The van der Waals surface area contributed by atoms with Crippen LogP contribution in [0.25, 0.3) is 10.9 Å². The number of hydrogen-bond donors (Lipinski definition) is 4. The molecule has 0 saturated heterocycles. The second-order valence-electron chi connectivity index (χ2n) is 6.50. The molecule has 0 atom stereocenters. The fraction of sp³-hybridized carbons (Fsp3) is 0.500. The van der Waals surface area contributed by atoms with Crippen molar-refractivity contribution in [2.75, 3.05) is 25.5 Å². The van der Waals surface area contributed by atoms with Crippen molar-refractivity contribution in [3.05, 3.63) is 30.5 Å². The number of nitrogens with zero attached hydrogens (tertiary/aromatic N) is 1. The van der Waals surface area contributed by atoms with Crippen molar-refractivity contribution in [1.82, 2.24) is 4.98 Å². The zero-order valence-electron chi connectivity index (χ0n) is 16.1. The van der Waals surface area contributed by atoms with E-state index in [0.717, 1.165) is 28.9 Å². The molecule has 0 aliphatic carbocycles. The Morgan fingerprint density at radius 1 is 1.30 bits per heavy atom. The first kappa shape index (κ1) is 23.3. The van der Waals surface area contributed by atoms with Crippen molar-refractivity contribution >= 4 is 24.4 Å². The lowest BCUT2D eigenvalue weighted by Gasteiger charge is -2.11. The van der Waals surface area contributed by atoms with E-state index in [-0.39, 0.29) is 0 Å². The van der Waals surface area contributed by atoms with E-state index in [1.807, 2.05) is 24.4 Å². The van der Waals surface area contributed by atoms with E-state index in [0.29, 0.717) is 6.04 Å². The second-order valence-corrected chi connectivity index (χ2v) is 7.48. The number of anilines is 1. The van der Waals surface area contributed by atoms with Crippen molar-refractivity contribution in [2.24, 2.45) is 0 Å². The number of rotatable bonds is 9. The van der Waals surface area contributed by atoms with Crippen LogP contribution in [0.3, 0.4) is 0 Å². The minimum Gasteiger partial charge on any atom is -0.756 e. The molecule has 0 fully saturated rings. The third-order valence-corrected chi connectivity index (χ3v) is 3.75. The Hall–Kier alpha value is -1.70. The Kier molecular flexibility index (Phi) is 10.3. The van der Waals surface area contributed by atoms with Crippen LogP contribution in [0.4, 0.5) is 5.69 Å². The molecule has 1 aromatic carbocycles. The van der Waals surface area contributed by atoms with Gasteiger partial charge in [0.05, 0.1) is 30.9 Å². The first-order valence-electron chi connectivity index (χ1n) is 8.97. The summed E-state index contributed by atoms with van der Waals surface area (Å²) in [7, 11) is -3.19. The maximum absolute atomic E-state index is 8.77. The molecule has 2 rings (SSSR count). The van der Waals surface area contributed by atoms with Gasteiger partial charge in [0.25, 0.3) is 7.82 Å². The van der Waals surface area contributed by atoms with Crippen LogP contribution in [0, 0.1) is 0 Å². The molecule has 1 aromatic heterocycles. The molecule has 0 radical (unpaired) electrons. The number of benzene rings is 1. The molecule has 5 N–H and O–H groups in total. The van der Waals surface area contributed by atoms with Gasteiger partial charge in [-0.1, -0.05) is 6.07 Å². The number of pyridine rings is 1. The highest BCUT2D eigenvalue weighted by molar-refractivity contribution is 7.43. The normalized spacial score (nSPS) is 11.2. The van der Waals surface area contributed by atoms with E-state index in [4.69, 9.17) is 24.0 Å². The summed E-state index contributed by atoms with van der Waals surface area (Å²) in [6.45, 7) is 6.67. The van der Waals surface area contributed by atoms with Crippen LogP contribution in [0.15, 0.2) is 30.5 Å². The van der Waals surface area contributed by atoms with E-state index in [9.17, 15) is 0 Å². The molecule has 9 heteroatoms. The fourth-order valence-corrected chi connectivity index (χ4v) is 2.54. The van der Waals surface area contributed by atoms with Gasteiger partial charge in [0, 0.05) is 24.2 Å². The van der Waals surface area contributed by atoms with Gasteiger partial charge < -0.3 is 30.1 Å². The molecule has 0 unspecified atom stereocenters. The molecule has 27 heavy (non-hydrogen) atoms. The molecular formula is C18H30N3O5P. The van der Waals surface area contributed by atoms with Gasteiger partial charge in [0.1, 0.15) is 5.75 Å². The number of hydrogen-bond acceptors (Lipinski definition) is 5. The average molecular weight is 399 g/mol. The summed E-state index contributed by atoms with van der Waals surface area (Å²) < 4.78 is 14.1.